The molecule has 2 aliphatic heterocycles. The zero-order valence-corrected chi connectivity index (χ0v) is 18.3. The van der Waals surface area contributed by atoms with E-state index in [9.17, 15) is 9.59 Å². The van der Waals surface area contributed by atoms with Crippen molar-refractivity contribution < 1.29 is 19.4 Å². The third-order valence-electron chi connectivity index (χ3n) is 4.68. The van der Waals surface area contributed by atoms with Crippen LogP contribution in [0.25, 0.3) is 0 Å². The molecule has 0 bridgehead atoms. The van der Waals surface area contributed by atoms with Crippen molar-refractivity contribution in [2.24, 2.45) is 0 Å². The number of benzene rings is 1. The highest BCUT2D eigenvalue weighted by molar-refractivity contribution is 8.26. The van der Waals surface area contributed by atoms with Crippen LogP contribution >= 0.6 is 24.0 Å². The quantitative estimate of drug-likeness (QED) is 0.556. The maximum absolute atomic E-state index is 12.4. The molecule has 8 heteroatoms. The molecule has 0 aromatic heterocycles. The number of thiocarbonyl (C=S) groups is 1. The summed E-state index contributed by atoms with van der Waals surface area (Å²) in [4.78, 5) is 26.9. The number of hydrogen-bond acceptors (Lipinski definition) is 6. The van der Waals surface area contributed by atoms with Crippen LogP contribution < -0.4 is 9.64 Å². The molecule has 1 fully saturated rings. The molecule has 152 valence electrons. The number of carbonyl (C=O) groups excluding carboxylic acids is 1. The van der Waals surface area contributed by atoms with Gasteiger partial charge in [0.05, 0.1) is 10.6 Å². The van der Waals surface area contributed by atoms with Crippen molar-refractivity contribution >= 4 is 45.9 Å². The van der Waals surface area contributed by atoms with Gasteiger partial charge in [-0.15, -0.1) is 0 Å². The van der Waals surface area contributed by atoms with E-state index in [0.717, 1.165) is 46.1 Å². The number of amides is 1. The van der Waals surface area contributed by atoms with E-state index in [0.29, 0.717) is 4.91 Å². The van der Waals surface area contributed by atoms with Crippen LogP contribution in [0.5, 0.6) is 5.75 Å². The minimum Gasteiger partial charge on any atom is -0.480 e. The zero-order chi connectivity index (χ0) is 21.3. The molecule has 1 amide bonds. The van der Waals surface area contributed by atoms with E-state index in [2.05, 4.69) is 31.7 Å². The molecule has 1 aromatic rings. The number of aryl methyl sites for hydroxylation is 2. The predicted octanol–water partition coefficient (Wildman–Crippen LogP) is 4.14. The number of ether oxygens (including phenoxy) is 1. The van der Waals surface area contributed by atoms with Crippen LogP contribution in [-0.2, 0) is 9.59 Å². The Hall–Kier alpha value is -2.58. The van der Waals surface area contributed by atoms with Gasteiger partial charge in [-0.3, -0.25) is 14.5 Å². The molecule has 0 radical (unpaired) electrons. The van der Waals surface area contributed by atoms with Gasteiger partial charge in [-0.25, -0.2) is 0 Å². The minimum absolute atomic E-state index is 0.257. The van der Waals surface area contributed by atoms with Gasteiger partial charge in [-0.05, 0) is 68.7 Å². The molecule has 2 aliphatic rings. The van der Waals surface area contributed by atoms with Crippen molar-refractivity contribution in [3.8, 4) is 5.75 Å². The maximum Gasteiger partial charge on any atom is 0.323 e. The van der Waals surface area contributed by atoms with Gasteiger partial charge in [-0.2, -0.15) is 0 Å². The van der Waals surface area contributed by atoms with Crippen LogP contribution in [0.4, 0.5) is 5.69 Å². The average molecular weight is 431 g/mol. The lowest BCUT2D eigenvalue weighted by Crippen LogP contribution is -2.33. The van der Waals surface area contributed by atoms with Gasteiger partial charge in [0, 0.05) is 6.54 Å². The highest BCUT2D eigenvalue weighted by atomic mass is 32.2. The van der Waals surface area contributed by atoms with E-state index < -0.39 is 12.5 Å². The molecular formula is C21H22N2O4S2. The highest BCUT2D eigenvalue weighted by Gasteiger charge is 2.33. The summed E-state index contributed by atoms with van der Waals surface area (Å²) in [5.41, 5.74) is 4.26. The van der Waals surface area contributed by atoms with E-state index in [1.54, 1.807) is 6.08 Å². The molecule has 0 saturated carbocycles. The molecule has 0 atom stereocenters. The number of carboxylic acid groups (broad SMARTS) is 1. The Bertz CT molecular complexity index is 995. The fourth-order valence-corrected chi connectivity index (χ4v) is 4.34. The van der Waals surface area contributed by atoms with Crippen molar-refractivity contribution in [2.45, 2.75) is 27.7 Å². The Balaban J connectivity index is 1.81. The van der Waals surface area contributed by atoms with E-state index >= 15 is 0 Å². The van der Waals surface area contributed by atoms with Gasteiger partial charge in [0.1, 0.15) is 10.9 Å². The molecule has 29 heavy (non-hydrogen) atoms. The highest BCUT2D eigenvalue weighted by Crippen LogP contribution is 2.40. The van der Waals surface area contributed by atoms with Gasteiger partial charge < -0.3 is 14.7 Å². The average Bonchev–Trinajstić information content (AvgIpc) is 3.11. The fourth-order valence-electron chi connectivity index (χ4n) is 3.03. The normalized spacial score (nSPS) is 19.4. The molecule has 1 N–H and O–H groups in total. The van der Waals surface area contributed by atoms with Crippen LogP contribution in [0.3, 0.4) is 0 Å². The van der Waals surface area contributed by atoms with Crippen molar-refractivity contribution in [2.75, 3.05) is 18.0 Å². The van der Waals surface area contributed by atoms with Gasteiger partial charge in [-0.1, -0.05) is 30.1 Å². The van der Waals surface area contributed by atoms with E-state index in [4.69, 9.17) is 22.1 Å². The minimum atomic E-state index is -1.09. The second kappa shape index (κ2) is 8.42. The molecule has 6 nitrogen and oxygen atoms in total. The lowest BCUT2D eigenvalue weighted by Gasteiger charge is -2.15. The number of nitrogens with zero attached hydrogens (tertiary/aromatic N) is 2. The second-order valence-electron chi connectivity index (χ2n) is 6.83. The Morgan fingerprint density at radius 2 is 1.97 bits per heavy atom. The number of rotatable bonds is 5. The largest absolute Gasteiger partial charge is 0.480 e. The van der Waals surface area contributed by atoms with Gasteiger partial charge in [0.25, 0.3) is 5.91 Å². The Kier molecular flexibility index (Phi) is 6.14. The van der Waals surface area contributed by atoms with Crippen molar-refractivity contribution in [1.82, 2.24) is 4.90 Å². The molecule has 1 aromatic carbocycles. The molecule has 0 aliphatic carbocycles. The Morgan fingerprint density at radius 3 is 2.62 bits per heavy atom. The van der Waals surface area contributed by atoms with Crippen molar-refractivity contribution in [1.29, 1.82) is 0 Å². The van der Waals surface area contributed by atoms with Crippen LogP contribution in [0, 0.1) is 13.8 Å². The first-order valence-electron chi connectivity index (χ1n) is 9.13. The van der Waals surface area contributed by atoms with Crippen LogP contribution in [0.2, 0.25) is 0 Å². The predicted molar refractivity (Wildman–Crippen MR) is 119 cm³/mol. The van der Waals surface area contributed by atoms with Crippen LogP contribution in [0.1, 0.15) is 25.0 Å². The van der Waals surface area contributed by atoms with Gasteiger partial charge >= 0.3 is 5.97 Å². The van der Waals surface area contributed by atoms with Crippen LogP contribution in [0.15, 0.2) is 46.7 Å². The Morgan fingerprint density at radius 1 is 1.28 bits per heavy atom. The summed E-state index contributed by atoms with van der Waals surface area (Å²) in [5.74, 6) is 0.0801. The molecule has 2 heterocycles. The summed E-state index contributed by atoms with van der Waals surface area (Å²) in [6.45, 7) is 8.41. The van der Waals surface area contributed by atoms with E-state index in [1.807, 2.05) is 25.1 Å². The lowest BCUT2D eigenvalue weighted by molar-refractivity contribution is -0.140. The maximum atomic E-state index is 12.4. The molecule has 3 rings (SSSR count). The first-order valence-corrected chi connectivity index (χ1v) is 10.4. The van der Waals surface area contributed by atoms with E-state index in [-0.39, 0.29) is 10.2 Å². The zero-order valence-electron chi connectivity index (χ0n) is 16.7. The monoisotopic (exact) mass is 430 g/mol. The van der Waals surface area contributed by atoms with Gasteiger partial charge in [0.2, 0.25) is 5.88 Å². The molecular weight excluding hydrogens is 408 g/mol. The first-order chi connectivity index (χ1) is 13.7. The number of fused-ring (bicyclic) bond motifs is 1. The third kappa shape index (κ3) is 4.38. The number of carbonyl (C=O) groups is 2. The topological polar surface area (TPSA) is 70.1 Å². The Labute approximate surface area is 179 Å². The summed E-state index contributed by atoms with van der Waals surface area (Å²) in [7, 11) is 0. The molecule has 1 saturated heterocycles. The number of anilines is 1. The number of thioether (sulfide) groups is 1. The van der Waals surface area contributed by atoms with Crippen molar-refractivity contribution in [3.05, 3.63) is 57.8 Å². The standard InChI is InChI=1S/C21H22N2O4S2/c1-5-22-15-9-13(3)14(4)10-16(15)27-18(22)7-6-12(2)8-17-20(26)23(11-19(24)25)21(28)29-17/h6-10H,5,11H2,1-4H3,(H,24,25). The second-order valence-corrected chi connectivity index (χ2v) is 8.50. The summed E-state index contributed by atoms with van der Waals surface area (Å²) in [5, 5.41) is 8.92. The third-order valence-corrected chi connectivity index (χ3v) is 6.06. The summed E-state index contributed by atoms with van der Waals surface area (Å²) in [6, 6.07) is 4.16. The molecule has 0 unspecified atom stereocenters. The first kappa shape index (κ1) is 21.1. The van der Waals surface area contributed by atoms with E-state index in [1.165, 1.54) is 11.1 Å². The summed E-state index contributed by atoms with van der Waals surface area (Å²) in [6.07, 6.45) is 5.45. The summed E-state index contributed by atoms with van der Waals surface area (Å²) >= 11 is 6.23. The number of allylic oxidation sites excluding steroid dienone is 4. The van der Waals surface area contributed by atoms with Crippen molar-refractivity contribution in [3.63, 3.8) is 0 Å². The lowest BCUT2D eigenvalue weighted by atomic mass is 10.1. The number of carboxylic acids is 1. The molecule has 0 spiro atoms. The summed E-state index contributed by atoms with van der Waals surface area (Å²) < 4.78 is 6.28. The van der Waals surface area contributed by atoms with Crippen LogP contribution in [-0.4, -0.2) is 39.3 Å². The number of aliphatic carboxylic acids is 1. The van der Waals surface area contributed by atoms with Gasteiger partial charge in [0.15, 0.2) is 5.75 Å². The SMILES string of the molecule is CCN1C(=CC=C(C)C=C2SC(=S)N(CC(=O)O)C2=O)Oc2cc(C)c(C)cc21. The number of hydrogen-bond donors (Lipinski definition) is 1. The smallest absolute Gasteiger partial charge is 0.323 e. The fraction of sp³-hybridized carbons (Fsp3) is 0.286.